The maximum atomic E-state index is 13.1. The Bertz CT molecular complexity index is 884. The van der Waals surface area contributed by atoms with Gasteiger partial charge in [0.05, 0.1) is 17.2 Å². The molecule has 164 valence electrons. The standard InChI is InChI=1S/C23H31FN2O3S/c1-4-17-25(2)18-7-5-6-8-19-29-22-13-11-21(12-14-22)26(3)30(27,28)23-15-9-20(24)10-16-23/h4,9-16H,1,5-8,17-19H2,2-3H3. The average molecular weight is 435 g/mol. The number of sulfonamides is 1. The molecule has 0 heterocycles. The van der Waals surface area contributed by atoms with Gasteiger partial charge in [-0.25, -0.2) is 12.8 Å². The van der Waals surface area contributed by atoms with Crippen molar-refractivity contribution in [3.63, 3.8) is 0 Å². The second kappa shape index (κ2) is 11.7. The van der Waals surface area contributed by atoms with E-state index in [2.05, 4.69) is 18.5 Å². The number of rotatable bonds is 13. The first-order valence-electron chi connectivity index (χ1n) is 10.1. The number of likely N-dealkylation sites (N-methyl/N-ethyl adjacent to an activating group) is 1. The van der Waals surface area contributed by atoms with E-state index in [1.165, 1.54) is 23.5 Å². The van der Waals surface area contributed by atoms with Crippen LogP contribution in [0.2, 0.25) is 0 Å². The Balaban J connectivity index is 1.78. The summed E-state index contributed by atoms with van der Waals surface area (Å²) in [6.45, 7) is 6.36. The van der Waals surface area contributed by atoms with Crippen molar-refractivity contribution in [2.75, 3.05) is 38.1 Å². The van der Waals surface area contributed by atoms with Crippen LogP contribution in [0.1, 0.15) is 25.7 Å². The molecule has 5 nitrogen and oxygen atoms in total. The van der Waals surface area contributed by atoms with E-state index in [4.69, 9.17) is 4.74 Å². The van der Waals surface area contributed by atoms with Gasteiger partial charge in [0.2, 0.25) is 0 Å². The molecule has 0 radical (unpaired) electrons. The predicted molar refractivity (Wildman–Crippen MR) is 120 cm³/mol. The summed E-state index contributed by atoms with van der Waals surface area (Å²) in [5.74, 6) is 0.232. The number of ether oxygens (including phenoxy) is 1. The zero-order valence-electron chi connectivity index (χ0n) is 17.8. The van der Waals surface area contributed by atoms with Crippen molar-refractivity contribution in [3.05, 3.63) is 67.0 Å². The highest BCUT2D eigenvalue weighted by molar-refractivity contribution is 7.92. The molecule has 0 N–H and O–H groups in total. The largest absolute Gasteiger partial charge is 0.494 e. The summed E-state index contributed by atoms with van der Waals surface area (Å²) >= 11 is 0. The molecule has 0 atom stereocenters. The minimum Gasteiger partial charge on any atom is -0.494 e. The molecule has 0 unspecified atom stereocenters. The van der Waals surface area contributed by atoms with Crippen LogP contribution in [0.4, 0.5) is 10.1 Å². The van der Waals surface area contributed by atoms with Crippen LogP contribution in [0, 0.1) is 5.82 Å². The molecule has 0 aliphatic carbocycles. The summed E-state index contributed by atoms with van der Waals surface area (Å²) in [7, 11) is -0.177. The molecular weight excluding hydrogens is 403 g/mol. The van der Waals surface area contributed by atoms with Gasteiger partial charge in [-0.05, 0) is 75.0 Å². The van der Waals surface area contributed by atoms with Gasteiger partial charge in [-0.3, -0.25) is 4.31 Å². The van der Waals surface area contributed by atoms with Gasteiger partial charge in [-0.2, -0.15) is 0 Å². The van der Waals surface area contributed by atoms with E-state index < -0.39 is 15.8 Å². The molecular formula is C23H31FN2O3S. The molecule has 0 bridgehead atoms. The Kier molecular flexibility index (Phi) is 9.33. The number of nitrogens with zero attached hydrogens (tertiary/aromatic N) is 2. The lowest BCUT2D eigenvalue weighted by atomic mass is 10.2. The summed E-state index contributed by atoms with van der Waals surface area (Å²) < 4.78 is 45.3. The number of anilines is 1. The Morgan fingerprint density at radius 3 is 2.23 bits per heavy atom. The van der Waals surface area contributed by atoms with Gasteiger partial charge >= 0.3 is 0 Å². The Labute approximate surface area is 179 Å². The second-order valence-corrected chi connectivity index (χ2v) is 9.20. The number of halogens is 1. The fourth-order valence-corrected chi connectivity index (χ4v) is 4.19. The van der Waals surface area contributed by atoms with Crippen LogP contribution in [-0.4, -0.2) is 47.1 Å². The molecule has 7 heteroatoms. The van der Waals surface area contributed by atoms with Crippen LogP contribution >= 0.6 is 0 Å². The molecule has 0 saturated heterocycles. The molecule has 0 saturated carbocycles. The zero-order valence-corrected chi connectivity index (χ0v) is 18.6. The van der Waals surface area contributed by atoms with Gasteiger partial charge in [0.15, 0.2) is 0 Å². The van der Waals surface area contributed by atoms with Crippen LogP contribution < -0.4 is 9.04 Å². The maximum Gasteiger partial charge on any atom is 0.264 e. The molecule has 2 aromatic carbocycles. The summed E-state index contributed by atoms with van der Waals surface area (Å²) in [6.07, 6.45) is 6.32. The number of hydrogen-bond donors (Lipinski definition) is 0. The minimum atomic E-state index is -3.74. The van der Waals surface area contributed by atoms with Crippen LogP contribution in [0.3, 0.4) is 0 Å². The summed E-state index contributed by atoms with van der Waals surface area (Å²) in [5.41, 5.74) is 0.510. The third-order valence-electron chi connectivity index (χ3n) is 4.82. The van der Waals surface area contributed by atoms with Crippen LogP contribution in [-0.2, 0) is 10.0 Å². The first-order chi connectivity index (χ1) is 14.3. The molecule has 0 amide bonds. The highest BCUT2D eigenvalue weighted by Gasteiger charge is 2.21. The number of benzene rings is 2. The summed E-state index contributed by atoms with van der Waals surface area (Å²) in [6, 6.07) is 11.7. The topological polar surface area (TPSA) is 49.9 Å². The molecule has 0 fully saturated rings. The number of unbranched alkanes of at least 4 members (excludes halogenated alkanes) is 3. The quantitative estimate of drug-likeness (QED) is 0.338. The van der Waals surface area contributed by atoms with E-state index >= 15 is 0 Å². The van der Waals surface area contributed by atoms with Gasteiger partial charge in [-0.1, -0.05) is 18.9 Å². The SMILES string of the molecule is C=CCN(C)CCCCCCOc1ccc(N(C)S(=O)(=O)c2ccc(F)cc2)cc1. The molecule has 0 spiro atoms. The van der Waals surface area contributed by atoms with E-state index in [1.807, 2.05) is 6.08 Å². The molecule has 0 aliphatic rings. The Morgan fingerprint density at radius 1 is 0.967 bits per heavy atom. The molecule has 2 aromatic rings. The Morgan fingerprint density at radius 2 is 1.60 bits per heavy atom. The second-order valence-electron chi connectivity index (χ2n) is 7.23. The van der Waals surface area contributed by atoms with Gasteiger partial charge in [0, 0.05) is 13.6 Å². The lowest BCUT2D eigenvalue weighted by Gasteiger charge is -2.20. The van der Waals surface area contributed by atoms with E-state index in [9.17, 15) is 12.8 Å². The van der Waals surface area contributed by atoms with Crippen molar-refractivity contribution in [2.24, 2.45) is 0 Å². The van der Waals surface area contributed by atoms with E-state index in [0.29, 0.717) is 18.0 Å². The van der Waals surface area contributed by atoms with Crippen molar-refractivity contribution < 1.29 is 17.5 Å². The smallest absolute Gasteiger partial charge is 0.264 e. The molecule has 0 aromatic heterocycles. The van der Waals surface area contributed by atoms with Crippen molar-refractivity contribution in [1.29, 1.82) is 0 Å². The summed E-state index contributed by atoms with van der Waals surface area (Å²) in [4.78, 5) is 2.29. The van der Waals surface area contributed by atoms with Gasteiger partial charge in [0.25, 0.3) is 10.0 Å². The molecule has 0 aliphatic heterocycles. The lowest BCUT2D eigenvalue weighted by Crippen LogP contribution is -2.26. The lowest BCUT2D eigenvalue weighted by molar-refractivity contribution is 0.300. The highest BCUT2D eigenvalue weighted by Crippen LogP contribution is 2.24. The summed E-state index contributed by atoms with van der Waals surface area (Å²) in [5, 5.41) is 0. The third-order valence-corrected chi connectivity index (χ3v) is 6.62. The van der Waals surface area contributed by atoms with Crippen molar-refractivity contribution in [3.8, 4) is 5.75 Å². The van der Waals surface area contributed by atoms with E-state index in [1.54, 1.807) is 24.3 Å². The van der Waals surface area contributed by atoms with Crippen LogP contribution in [0.15, 0.2) is 66.1 Å². The first-order valence-corrected chi connectivity index (χ1v) is 11.6. The molecule has 2 rings (SSSR count). The van der Waals surface area contributed by atoms with Crippen molar-refractivity contribution in [1.82, 2.24) is 4.90 Å². The van der Waals surface area contributed by atoms with E-state index in [-0.39, 0.29) is 4.90 Å². The average Bonchev–Trinajstić information content (AvgIpc) is 2.73. The van der Waals surface area contributed by atoms with Gasteiger partial charge < -0.3 is 9.64 Å². The van der Waals surface area contributed by atoms with Crippen molar-refractivity contribution in [2.45, 2.75) is 30.6 Å². The predicted octanol–water partition coefficient (Wildman–Crippen LogP) is 4.71. The van der Waals surface area contributed by atoms with Crippen LogP contribution in [0.5, 0.6) is 5.75 Å². The van der Waals surface area contributed by atoms with E-state index in [0.717, 1.165) is 50.9 Å². The normalized spacial score (nSPS) is 11.5. The van der Waals surface area contributed by atoms with Gasteiger partial charge in [0.1, 0.15) is 11.6 Å². The minimum absolute atomic E-state index is 0.0439. The third kappa shape index (κ3) is 7.15. The monoisotopic (exact) mass is 434 g/mol. The van der Waals surface area contributed by atoms with Gasteiger partial charge in [-0.15, -0.1) is 6.58 Å². The fraction of sp³-hybridized carbons (Fsp3) is 0.391. The molecule has 30 heavy (non-hydrogen) atoms. The van der Waals surface area contributed by atoms with Crippen molar-refractivity contribution >= 4 is 15.7 Å². The van der Waals surface area contributed by atoms with Crippen LogP contribution in [0.25, 0.3) is 0 Å². The number of hydrogen-bond acceptors (Lipinski definition) is 4. The fourth-order valence-electron chi connectivity index (χ4n) is 2.99. The zero-order chi connectivity index (χ0) is 22.0. The highest BCUT2D eigenvalue weighted by atomic mass is 32.2. The maximum absolute atomic E-state index is 13.1. The Hall–Kier alpha value is -2.38. The first kappa shape index (κ1) is 23.9.